The minimum atomic E-state index is -1.87. The number of primary amides is 1. The molecule has 7 amide bonds. The average Bonchev–Trinajstić information content (AvgIpc) is 3.75. The molecule has 1 saturated heterocycles. The Morgan fingerprint density at radius 1 is 0.781 bits per heavy atom. The summed E-state index contributed by atoms with van der Waals surface area (Å²) in [5.74, 6) is -5.77. The number of rotatable bonds is 18. The van der Waals surface area contributed by atoms with Gasteiger partial charge in [-0.25, -0.2) is 0 Å². The number of amides is 7. The molecule has 2 heterocycles. The van der Waals surface area contributed by atoms with Crippen molar-refractivity contribution < 1.29 is 48.9 Å². The van der Waals surface area contributed by atoms with Crippen LogP contribution in [0, 0.1) is 0 Å². The zero-order chi connectivity index (χ0) is 53.5. The first-order valence-corrected chi connectivity index (χ1v) is 24.1. The fourth-order valence-electron chi connectivity index (χ4n) is 8.11. The second-order valence-corrected chi connectivity index (χ2v) is 17.7. The molecule has 2 aromatic carbocycles. The second kappa shape index (κ2) is 29.8. The second-order valence-electron chi connectivity index (χ2n) is 17.7. The van der Waals surface area contributed by atoms with Crippen LogP contribution >= 0.6 is 0 Å². The van der Waals surface area contributed by atoms with Crippen molar-refractivity contribution in [3.63, 3.8) is 0 Å². The van der Waals surface area contributed by atoms with E-state index in [-0.39, 0.29) is 89.3 Å². The van der Waals surface area contributed by atoms with Crippen LogP contribution in [0.25, 0.3) is 10.9 Å². The molecule has 2 unspecified atom stereocenters. The number of aliphatic imine (C=N–C) groups is 2. The summed E-state index contributed by atoms with van der Waals surface area (Å²) in [6, 6.07) is 6.57. The van der Waals surface area contributed by atoms with Gasteiger partial charge in [-0.15, -0.1) is 0 Å². The van der Waals surface area contributed by atoms with Crippen molar-refractivity contribution in [1.82, 2.24) is 47.5 Å². The first-order chi connectivity index (χ1) is 34.8. The molecule has 0 saturated carbocycles. The lowest BCUT2D eigenvalue weighted by atomic mass is 10.0. The van der Waals surface area contributed by atoms with Crippen molar-refractivity contribution >= 4 is 64.2 Å². The molecule has 22 N–H and O–H groups in total. The standard InChI is InChI=1S/C47H72N16O10/c1-26(65)57-32(16-9-19-54-46(49)50)40(68)62-36-23-38(66)53-18-8-7-15-31(39(48)67)58-43(71)35(22-28-24-56-30-14-6-5-13-29(28)30)61-41(69)33(17-10-20-55-47(51)52)59-42(70)34(21-27-11-3-2-4-12-27)60-45(73)37(25-64)63-44(36)72/h2-6,11-14,24,31-37,40,45,56,60,62,64,68,73H,7-10,15-23,25H2,1H3,(H2,48,67)(H,53,66)(H,57,65)(H,58,71)(H,59,70)(H,61,69)(H,63,72)(H4,49,50,54)(H4,51,52,55)/t31-,32-,33-,34+,35-,36-,37-,40?,45?/m0/s1. The van der Waals surface area contributed by atoms with E-state index in [1.807, 2.05) is 24.3 Å². The normalized spacial score (nSPS) is 23.0. The number of fused-ring (bicyclic) bond motifs is 1. The van der Waals surface area contributed by atoms with Crippen molar-refractivity contribution in [3.8, 4) is 0 Å². The van der Waals surface area contributed by atoms with Crippen molar-refractivity contribution in [2.75, 3.05) is 26.2 Å². The first kappa shape index (κ1) is 58.2. The molecule has 1 aliphatic rings. The van der Waals surface area contributed by atoms with Gasteiger partial charge in [-0.2, -0.15) is 0 Å². The van der Waals surface area contributed by atoms with E-state index in [4.69, 9.17) is 28.7 Å². The van der Waals surface area contributed by atoms with Gasteiger partial charge in [0.05, 0.1) is 37.2 Å². The number of nitrogens with one attached hydrogen (secondary N) is 9. The van der Waals surface area contributed by atoms with E-state index in [9.17, 15) is 48.9 Å². The van der Waals surface area contributed by atoms with Gasteiger partial charge in [0.15, 0.2) is 11.9 Å². The third-order valence-corrected chi connectivity index (χ3v) is 11.9. The van der Waals surface area contributed by atoms with Crippen LogP contribution in [0.5, 0.6) is 0 Å². The van der Waals surface area contributed by atoms with E-state index in [0.717, 1.165) is 10.9 Å². The summed E-state index contributed by atoms with van der Waals surface area (Å²) in [5, 5.41) is 55.8. The van der Waals surface area contributed by atoms with Crippen LogP contribution in [0.4, 0.5) is 0 Å². The zero-order valence-corrected chi connectivity index (χ0v) is 40.8. The Bertz CT molecular complexity index is 2360. The fraction of sp³-hybridized carbons (Fsp3) is 0.511. The lowest BCUT2D eigenvalue weighted by molar-refractivity contribution is -0.134. The molecule has 9 atom stereocenters. The van der Waals surface area contributed by atoms with Crippen molar-refractivity contribution in [2.45, 2.75) is 126 Å². The van der Waals surface area contributed by atoms with Gasteiger partial charge in [0.25, 0.3) is 0 Å². The predicted octanol–water partition coefficient (Wildman–Crippen LogP) is -4.77. The largest absolute Gasteiger partial charge is 0.394 e. The molecule has 0 aliphatic carbocycles. The summed E-state index contributed by atoms with van der Waals surface area (Å²) in [4.78, 5) is 107. The van der Waals surface area contributed by atoms with Gasteiger partial charge in [-0.3, -0.25) is 54.2 Å². The number of para-hydroxylation sites is 1. The average molecular weight is 1020 g/mol. The van der Waals surface area contributed by atoms with E-state index in [0.29, 0.717) is 11.1 Å². The molecular formula is C47H72N16O10. The van der Waals surface area contributed by atoms with Crippen LogP contribution < -0.4 is 71.2 Å². The summed E-state index contributed by atoms with van der Waals surface area (Å²) < 4.78 is 0. The van der Waals surface area contributed by atoms with Gasteiger partial charge in [-0.1, -0.05) is 48.5 Å². The summed E-state index contributed by atoms with van der Waals surface area (Å²) in [6.07, 6.45) is -1.50. The molecule has 4 rings (SSSR count). The molecule has 1 aliphatic heterocycles. The monoisotopic (exact) mass is 1020 g/mol. The Labute approximate surface area is 422 Å². The minimum Gasteiger partial charge on any atom is -0.394 e. The smallest absolute Gasteiger partial charge is 0.243 e. The highest BCUT2D eigenvalue weighted by molar-refractivity contribution is 5.95. The Morgan fingerprint density at radius 3 is 2.10 bits per heavy atom. The highest BCUT2D eigenvalue weighted by Crippen LogP contribution is 2.20. The maximum absolute atomic E-state index is 14.5. The van der Waals surface area contributed by atoms with Crippen molar-refractivity contribution in [2.24, 2.45) is 38.7 Å². The summed E-state index contributed by atoms with van der Waals surface area (Å²) >= 11 is 0. The molecule has 73 heavy (non-hydrogen) atoms. The number of H-pyrrole nitrogens is 1. The van der Waals surface area contributed by atoms with Crippen molar-refractivity contribution in [1.29, 1.82) is 0 Å². The number of aromatic amines is 1. The number of carbonyl (C=O) groups is 7. The maximum atomic E-state index is 14.5. The van der Waals surface area contributed by atoms with Gasteiger partial charge in [0.1, 0.15) is 30.6 Å². The third kappa shape index (κ3) is 20.0. The zero-order valence-electron chi connectivity index (χ0n) is 40.8. The summed E-state index contributed by atoms with van der Waals surface area (Å²) in [6.45, 7) is 0.562. The Hall–Kier alpha value is -7.39. The number of carbonyl (C=O) groups excluding carboxylic acids is 7. The first-order valence-electron chi connectivity index (χ1n) is 24.1. The van der Waals surface area contributed by atoms with Crippen LogP contribution in [-0.4, -0.2) is 155 Å². The van der Waals surface area contributed by atoms with Gasteiger partial charge < -0.3 is 80.9 Å². The number of aliphatic hydroxyl groups excluding tert-OH is 3. The lowest BCUT2D eigenvalue weighted by Gasteiger charge is -2.31. The molecule has 1 aromatic heterocycles. The molecule has 1 fully saturated rings. The quantitative estimate of drug-likeness (QED) is 0.0246. The Kier molecular flexibility index (Phi) is 23.8. The molecule has 26 heteroatoms. The van der Waals surface area contributed by atoms with Crippen LogP contribution in [0.1, 0.15) is 69.4 Å². The number of aliphatic hydroxyl groups is 3. The van der Waals surface area contributed by atoms with E-state index in [2.05, 4.69) is 57.5 Å². The summed E-state index contributed by atoms with van der Waals surface area (Å²) in [5.41, 5.74) is 29.8. The maximum Gasteiger partial charge on any atom is 0.243 e. The van der Waals surface area contributed by atoms with E-state index >= 15 is 0 Å². The highest BCUT2D eigenvalue weighted by atomic mass is 16.3. The van der Waals surface area contributed by atoms with E-state index in [1.54, 1.807) is 36.5 Å². The van der Waals surface area contributed by atoms with Crippen LogP contribution in [-0.2, 0) is 46.4 Å². The molecular weight excluding hydrogens is 949 g/mol. The lowest BCUT2D eigenvalue weighted by Crippen LogP contribution is -2.63. The molecule has 400 valence electrons. The highest BCUT2D eigenvalue weighted by Gasteiger charge is 2.35. The SMILES string of the molecule is CC(=O)N[C@@H](CCCN=C(N)N)C(O)N[C@H]1CC(=O)NCCCC[C@@H](C(N)=O)NC(=O)[C@H](Cc2c[nH]c3ccccc23)NC(=O)[C@H](CCCN=C(N)N)NC(=O)[C@@H](Cc2ccccc2)NC(O)[C@H](CO)NC1=O. The Morgan fingerprint density at radius 2 is 1.42 bits per heavy atom. The van der Waals surface area contributed by atoms with Crippen LogP contribution in [0.3, 0.4) is 0 Å². The van der Waals surface area contributed by atoms with E-state index < -0.39 is 109 Å². The predicted molar refractivity (Wildman–Crippen MR) is 271 cm³/mol. The molecule has 0 spiro atoms. The number of aromatic nitrogens is 1. The van der Waals surface area contributed by atoms with Crippen LogP contribution in [0.2, 0.25) is 0 Å². The van der Waals surface area contributed by atoms with Gasteiger partial charge in [0, 0.05) is 50.1 Å². The number of hydrogen-bond donors (Lipinski definition) is 17. The van der Waals surface area contributed by atoms with Crippen molar-refractivity contribution in [3.05, 3.63) is 71.9 Å². The number of nitrogens with zero attached hydrogens (tertiary/aromatic N) is 2. The van der Waals surface area contributed by atoms with Gasteiger partial charge in [0.2, 0.25) is 41.4 Å². The summed E-state index contributed by atoms with van der Waals surface area (Å²) in [7, 11) is 0. The number of benzene rings is 2. The fourth-order valence-corrected chi connectivity index (χ4v) is 8.11. The number of hydrogen-bond acceptors (Lipinski definition) is 14. The topological polar surface area (TPSA) is 447 Å². The minimum absolute atomic E-state index is 0.0291. The van der Waals surface area contributed by atoms with Crippen LogP contribution in [0.15, 0.2) is 70.8 Å². The third-order valence-electron chi connectivity index (χ3n) is 11.9. The van der Waals surface area contributed by atoms with Gasteiger partial charge >= 0.3 is 0 Å². The number of guanidine groups is 2. The Balaban J connectivity index is 1.73. The number of nitrogens with two attached hydrogens (primary N) is 5. The van der Waals surface area contributed by atoms with E-state index in [1.165, 1.54) is 6.92 Å². The molecule has 26 nitrogen and oxygen atoms in total. The van der Waals surface area contributed by atoms with Gasteiger partial charge in [-0.05, 0) is 68.6 Å². The molecule has 0 radical (unpaired) electrons. The molecule has 0 bridgehead atoms. The molecule has 3 aromatic rings.